The molecule has 2 aromatic heterocycles. The highest BCUT2D eigenvalue weighted by atomic mass is 16.6. The molecule has 1 aliphatic heterocycles. The van der Waals surface area contributed by atoms with Gasteiger partial charge in [-0.25, -0.2) is 9.97 Å². The zero-order valence-electron chi connectivity index (χ0n) is 15.4. The van der Waals surface area contributed by atoms with Crippen LogP contribution in [0.4, 0.5) is 23.0 Å². The number of pyridine rings is 1. The number of hydrogen-bond donors (Lipinski definition) is 2. The monoisotopic (exact) mass is 380 g/mol. The molecule has 0 aliphatic carbocycles. The summed E-state index contributed by atoms with van der Waals surface area (Å²) in [7, 11) is 0. The van der Waals surface area contributed by atoms with Gasteiger partial charge in [0.2, 0.25) is 11.6 Å². The highest BCUT2D eigenvalue weighted by Crippen LogP contribution is 2.33. The fraction of sp³-hybridized carbons (Fsp3) is 0.316. The van der Waals surface area contributed by atoms with Crippen molar-refractivity contribution in [1.82, 2.24) is 15.0 Å². The van der Waals surface area contributed by atoms with E-state index in [9.17, 15) is 10.1 Å². The molecule has 4 rings (SSSR count). The Hall–Kier alpha value is -3.33. The molecule has 0 spiro atoms. The third-order valence-corrected chi connectivity index (χ3v) is 4.65. The molecule has 0 radical (unpaired) electrons. The van der Waals surface area contributed by atoms with Gasteiger partial charge in [0.25, 0.3) is 0 Å². The first-order chi connectivity index (χ1) is 13.6. The van der Waals surface area contributed by atoms with E-state index in [1.807, 2.05) is 37.3 Å². The average Bonchev–Trinajstić information content (AvgIpc) is 3.20. The minimum Gasteiger partial charge on any atom is -0.376 e. The molecule has 1 unspecified atom stereocenters. The Labute approximate surface area is 161 Å². The normalized spacial score (nSPS) is 16.2. The summed E-state index contributed by atoms with van der Waals surface area (Å²) in [5, 5.41) is 18.7. The molecule has 0 saturated carbocycles. The number of aryl methyl sites for hydroxylation is 1. The van der Waals surface area contributed by atoms with Crippen molar-refractivity contribution in [2.45, 2.75) is 25.9 Å². The first-order valence-electron chi connectivity index (χ1n) is 9.10. The SMILES string of the molecule is Cc1ccc2c(Nc3ncnc(NCC4CCCO4)c3[N+](=O)[O-])cccc2n1. The lowest BCUT2D eigenvalue weighted by molar-refractivity contribution is -0.383. The molecule has 3 heterocycles. The number of hydrogen-bond acceptors (Lipinski definition) is 8. The maximum Gasteiger partial charge on any atom is 0.353 e. The van der Waals surface area contributed by atoms with Crippen LogP contribution in [0.3, 0.4) is 0 Å². The van der Waals surface area contributed by atoms with Crippen LogP contribution in [0.2, 0.25) is 0 Å². The van der Waals surface area contributed by atoms with Crippen LogP contribution in [0.1, 0.15) is 18.5 Å². The van der Waals surface area contributed by atoms with Crippen LogP contribution in [0.5, 0.6) is 0 Å². The fourth-order valence-electron chi connectivity index (χ4n) is 3.28. The van der Waals surface area contributed by atoms with Gasteiger partial charge in [-0.2, -0.15) is 0 Å². The van der Waals surface area contributed by atoms with E-state index in [-0.39, 0.29) is 23.4 Å². The standard InChI is InChI=1S/C19H20N6O3/c1-12-7-8-14-15(23-12)5-2-6-16(14)24-19-17(25(26)27)18(21-11-22-19)20-10-13-4-3-9-28-13/h2,5-8,11,13H,3-4,9-10H2,1H3,(H2,20,21,22,24). The number of ether oxygens (including phenoxy) is 1. The molecule has 0 bridgehead atoms. The van der Waals surface area contributed by atoms with Crippen LogP contribution in [-0.4, -0.2) is 39.1 Å². The second kappa shape index (κ2) is 7.73. The van der Waals surface area contributed by atoms with E-state index in [0.29, 0.717) is 12.2 Å². The van der Waals surface area contributed by atoms with E-state index in [2.05, 4.69) is 25.6 Å². The molecule has 2 N–H and O–H groups in total. The number of aromatic nitrogens is 3. The van der Waals surface area contributed by atoms with E-state index < -0.39 is 4.92 Å². The van der Waals surface area contributed by atoms with Gasteiger partial charge in [-0.15, -0.1) is 0 Å². The number of fused-ring (bicyclic) bond motifs is 1. The van der Waals surface area contributed by atoms with E-state index in [4.69, 9.17) is 4.74 Å². The van der Waals surface area contributed by atoms with Crippen molar-refractivity contribution in [1.29, 1.82) is 0 Å². The van der Waals surface area contributed by atoms with Gasteiger partial charge >= 0.3 is 5.69 Å². The molecule has 1 fully saturated rings. The van der Waals surface area contributed by atoms with Crippen LogP contribution in [0.15, 0.2) is 36.7 Å². The predicted octanol–water partition coefficient (Wildman–Crippen LogP) is 3.58. The van der Waals surface area contributed by atoms with Gasteiger partial charge in [0.15, 0.2) is 0 Å². The van der Waals surface area contributed by atoms with Gasteiger partial charge in [0.1, 0.15) is 6.33 Å². The predicted molar refractivity (Wildman–Crippen MR) is 106 cm³/mol. The minimum absolute atomic E-state index is 0.0401. The van der Waals surface area contributed by atoms with Crippen LogP contribution < -0.4 is 10.6 Å². The van der Waals surface area contributed by atoms with E-state index in [0.717, 1.165) is 36.0 Å². The van der Waals surface area contributed by atoms with E-state index in [1.165, 1.54) is 6.33 Å². The summed E-state index contributed by atoms with van der Waals surface area (Å²) in [4.78, 5) is 23.9. The van der Waals surface area contributed by atoms with Crippen LogP contribution in [0, 0.1) is 17.0 Å². The second-order valence-electron chi connectivity index (χ2n) is 6.64. The Balaban J connectivity index is 1.66. The van der Waals surface area contributed by atoms with E-state index in [1.54, 1.807) is 0 Å². The molecule has 1 aliphatic rings. The topological polar surface area (TPSA) is 115 Å². The first kappa shape index (κ1) is 18.1. The van der Waals surface area contributed by atoms with Gasteiger partial charge in [0.05, 0.1) is 16.5 Å². The largest absolute Gasteiger partial charge is 0.376 e. The number of benzene rings is 1. The van der Waals surface area contributed by atoms with Crippen molar-refractivity contribution in [3.8, 4) is 0 Å². The molecule has 144 valence electrons. The fourth-order valence-corrected chi connectivity index (χ4v) is 3.28. The molecule has 1 aromatic carbocycles. The first-order valence-corrected chi connectivity index (χ1v) is 9.10. The Morgan fingerprint density at radius 1 is 1.25 bits per heavy atom. The van der Waals surface area contributed by atoms with Crippen molar-refractivity contribution in [3.05, 3.63) is 52.5 Å². The number of nitrogens with zero attached hydrogens (tertiary/aromatic N) is 4. The summed E-state index contributed by atoms with van der Waals surface area (Å²) in [6.45, 7) is 3.11. The van der Waals surface area contributed by atoms with Crippen LogP contribution >= 0.6 is 0 Å². The van der Waals surface area contributed by atoms with Crippen molar-refractivity contribution >= 4 is 33.9 Å². The molecule has 3 aromatic rings. The summed E-state index contributed by atoms with van der Waals surface area (Å²) in [6, 6.07) is 9.42. The Morgan fingerprint density at radius 3 is 2.89 bits per heavy atom. The third-order valence-electron chi connectivity index (χ3n) is 4.65. The molecular formula is C19H20N6O3. The van der Waals surface area contributed by atoms with E-state index >= 15 is 0 Å². The van der Waals surface area contributed by atoms with Crippen molar-refractivity contribution in [3.63, 3.8) is 0 Å². The number of anilines is 3. The molecule has 0 amide bonds. The maximum atomic E-state index is 11.7. The van der Waals surface area contributed by atoms with Crippen molar-refractivity contribution in [2.24, 2.45) is 0 Å². The summed E-state index contributed by atoms with van der Waals surface area (Å²) < 4.78 is 5.56. The number of nitro groups is 1. The Kier molecular flexibility index (Phi) is 4.98. The zero-order chi connectivity index (χ0) is 19.5. The smallest absolute Gasteiger partial charge is 0.353 e. The summed E-state index contributed by atoms with van der Waals surface area (Å²) >= 11 is 0. The summed E-state index contributed by atoms with van der Waals surface area (Å²) in [6.07, 6.45) is 3.28. The van der Waals surface area contributed by atoms with Gasteiger partial charge in [-0.05, 0) is 44.0 Å². The van der Waals surface area contributed by atoms with Gasteiger partial charge in [-0.3, -0.25) is 15.1 Å². The molecule has 9 heteroatoms. The summed E-state index contributed by atoms with van der Waals surface area (Å²) in [5.74, 6) is 0.301. The zero-order valence-corrected chi connectivity index (χ0v) is 15.4. The lowest BCUT2D eigenvalue weighted by Crippen LogP contribution is -2.20. The lowest BCUT2D eigenvalue weighted by Gasteiger charge is -2.13. The van der Waals surface area contributed by atoms with Gasteiger partial charge in [0, 0.05) is 29.9 Å². The Morgan fingerprint density at radius 2 is 2.11 bits per heavy atom. The highest BCUT2D eigenvalue weighted by Gasteiger charge is 2.25. The molecular weight excluding hydrogens is 360 g/mol. The molecule has 28 heavy (non-hydrogen) atoms. The number of nitrogens with one attached hydrogen (secondary N) is 2. The van der Waals surface area contributed by atoms with Crippen molar-refractivity contribution < 1.29 is 9.66 Å². The second-order valence-corrected chi connectivity index (χ2v) is 6.64. The highest BCUT2D eigenvalue weighted by molar-refractivity contribution is 5.94. The summed E-state index contributed by atoms with van der Waals surface area (Å²) in [5.41, 5.74) is 2.20. The van der Waals surface area contributed by atoms with Gasteiger partial charge < -0.3 is 15.4 Å². The van der Waals surface area contributed by atoms with Crippen LogP contribution in [0.25, 0.3) is 10.9 Å². The van der Waals surface area contributed by atoms with Gasteiger partial charge in [-0.1, -0.05) is 6.07 Å². The van der Waals surface area contributed by atoms with Crippen molar-refractivity contribution in [2.75, 3.05) is 23.8 Å². The minimum atomic E-state index is -0.478. The average molecular weight is 380 g/mol. The third kappa shape index (κ3) is 3.70. The van der Waals surface area contributed by atoms with Crippen LogP contribution in [-0.2, 0) is 4.74 Å². The molecule has 1 saturated heterocycles. The quantitative estimate of drug-likeness (QED) is 0.492. The Bertz CT molecular complexity index is 1020. The molecule has 9 nitrogen and oxygen atoms in total. The maximum absolute atomic E-state index is 11.7. The molecule has 1 atom stereocenters. The number of rotatable bonds is 6. The lowest BCUT2D eigenvalue weighted by atomic mass is 10.1.